The number of anilines is 1. The number of hydrogen-bond donors (Lipinski definition) is 1. The van der Waals surface area contributed by atoms with Crippen molar-refractivity contribution in [3.8, 4) is 0 Å². The van der Waals surface area contributed by atoms with Gasteiger partial charge >= 0.3 is 0 Å². The summed E-state index contributed by atoms with van der Waals surface area (Å²) in [5.41, 5.74) is 1.88. The summed E-state index contributed by atoms with van der Waals surface area (Å²) < 4.78 is 29.6. The molecule has 0 unspecified atom stereocenters. The lowest BCUT2D eigenvalue weighted by Crippen LogP contribution is -2.53. The first-order valence-corrected chi connectivity index (χ1v) is 16.8. The third-order valence-electron chi connectivity index (χ3n) is 7.44. The number of sulfonamides is 1. The van der Waals surface area contributed by atoms with Crippen molar-refractivity contribution < 1.29 is 18.0 Å². The zero-order valence-electron chi connectivity index (χ0n) is 23.5. The largest absolute Gasteiger partial charge is 0.352 e. The number of benzene rings is 3. The zero-order valence-corrected chi connectivity index (χ0v) is 27.4. The molecule has 0 spiro atoms. The molecule has 0 aliphatic heterocycles. The number of carbonyl (C=O) groups is 2. The Bertz CT molecular complexity index is 1530. The molecule has 224 valence electrons. The average Bonchev–Trinajstić information content (AvgIpc) is 2.96. The van der Waals surface area contributed by atoms with E-state index in [1.165, 1.54) is 17.0 Å². The van der Waals surface area contributed by atoms with E-state index in [-0.39, 0.29) is 23.4 Å². The maximum absolute atomic E-state index is 14.1. The summed E-state index contributed by atoms with van der Waals surface area (Å²) in [4.78, 5) is 29.0. The van der Waals surface area contributed by atoms with Crippen molar-refractivity contribution in [1.82, 2.24) is 10.2 Å². The SMILES string of the molecule is Cc1ccc(S(=O)(=O)N(CC(=O)N(Cc2ccc(Cl)c(Cl)c2)[C@H](C)C(=O)NC2CCCCC2)c2cccc(Br)c2)cc1. The number of nitrogens with zero attached hydrogens (tertiary/aromatic N) is 2. The highest BCUT2D eigenvalue weighted by atomic mass is 79.9. The van der Waals surface area contributed by atoms with Crippen molar-refractivity contribution in [3.63, 3.8) is 0 Å². The maximum atomic E-state index is 14.1. The minimum absolute atomic E-state index is 0.0336. The minimum atomic E-state index is -4.14. The van der Waals surface area contributed by atoms with Crippen LogP contribution in [0.3, 0.4) is 0 Å². The Morgan fingerprint density at radius 3 is 2.31 bits per heavy atom. The fourth-order valence-corrected chi connectivity index (χ4v) is 7.10. The van der Waals surface area contributed by atoms with E-state index in [1.807, 2.05) is 6.92 Å². The Morgan fingerprint density at radius 1 is 0.976 bits per heavy atom. The third-order valence-corrected chi connectivity index (χ3v) is 10.5. The van der Waals surface area contributed by atoms with Crippen molar-refractivity contribution in [2.24, 2.45) is 0 Å². The minimum Gasteiger partial charge on any atom is -0.352 e. The van der Waals surface area contributed by atoms with E-state index >= 15 is 0 Å². The van der Waals surface area contributed by atoms with Crippen LogP contribution in [-0.4, -0.2) is 43.8 Å². The first-order chi connectivity index (χ1) is 20.0. The van der Waals surface area contributed by atoms with Crippen molar-refractivity contribution in [2.75, 3.05) is 10.8 Å². The van der Waals surface area contributed by atoms with E-state index in [9.17, 15) is 18.0 Å². The Kier molecular flexibility index (Phi) is 11.0. The Balaban J connectivity index is 1.69. The van der Waals surface area contributed by atoms with Crippen LogP contribution in [0.25, 0.3) is 0 Å². The van der Waals surface area contributed by atoms with Crippen LogP contribution in [0, 0.1) is 6.92 Å². The van der Waals surface area contributed by atoms with Gasteiger partial charge in [-0.3, -0.25) is 13.9 Å². The molecule has 1 N–H and O–H groups in total. The second-order valence-corrected chi connectivity index (χ2v) is 14.2. The lowest BCUT2D eigenvalue weighted by atomic mass is 9.95. The quantitative estimate of drug-likeness (QED) is 0.245. The van der Waals surface area contributed by atoms with Gasteiger partial charge < -0.3 is 10.2 Å². The van der Waals surface area contributed by atoms with E-state index in [0.29, 0.717) is 25.8 Å². The van der Waals surface area contributed by atoms with Gasteiger partial charge in [-0.15, -0.1) is 0 Å². The van der Waals surface area contributed by atoms with Gasteiger partial charge in [0.15, 0.2) is 0 Å². The molecule has 0 saturated heterocycles. The molecule has 1 saturated carbocycles. The molecule has 1 atom stereocenters. The number of nitrogens with one attached hydrogen (secondary N) is 1. The molecule has 0 radical (unpaired) electrons. The van der Waals surface area contributed by atoms with E-state index in [0.717, 1.165) is 42.0 Å². The Morgan fingerprint density at radius 2 is 1.67 bits per heavy atom. The average molecular weight is 696 g/mol. The molecule has 11 heteroatoms. The van der Waals surface area contributed by atoms with Crippen molar-refractivity contribution in [1.29, 1.82) is 0 Å². The lowest BCUT2D eigenvalue weighted by molar-refractivity contribution is -0.139. The number of amides is 2. The molecule has 7 nitrogen and oxygen atoms in total. The predicted octanol–water partition coefficient (Wildman–Crippen LogP) is 7.13. The van der Waals surface area contributed by atoms with Gasteiger partial charge in [0.1, 0.15) is 12.6 Å². The van der Waals surface area contributed by atoms with Gasteiger partial charge in [0.05, 0.1) is 20.6 Å². The summed E-state index contributed by atoms with van der Waals surface area (Å²) in [6, 6.07) is 17.4. The molecule has 1 aliphatic carbocycles. The molecule has 3 aromatic rings. The van der Waals surface area contributed by atoms with Crippen molar-refractivity contribution in [3.05, 3.63) is 92.4 Å². The van der Waals surface area contributed by atoms with Crippen LogP contribution in [0.4, 0.5) is 5.69 Å². The number of halogens is 3. The van der Waals surface area contributed by atoms with Gasteiger partial charge in [-0.05, 0) is 74.7 Å². The molecule has 0 bridgehead atoms. The third kappa shape index (κ3) is 8.07. The highest BCUT2D eigenvalue weighted by molar-refractivity contribution is 9.10. The number of carbonyl (C=O) groups excluding carboxylic acids is 2. The first-order valence-electron chi connectivity index (χ1n) is 13.8. The van der Waals surface area contributed by atoms with Crippen LogP contribution in [0.1, 0.15) is 50.2 Å². The molecular weight excluding hydrogens is 661 g/mol. The van der Waals surface area contributed by atoms with Crippen LogP contribution in [0.2, 0.25) is 10.0 Å². The molecule has 4 rings (SSSR count). The zero-order chi connectivity index (χ0) is 30.4. The molecule has 2 amide bonds. The summed E-state index contributed by atoms with van der Waals surface area (Å²) in [7, 11) is -4.14. The molecule has 3 aromatic carbocycles. The predicted molar refractivity (Wildman–Crippen MR) is 171 cm³/mol. The maximum Gasteiger partial charge on any atom is 0.264 e. The fourth-order valence-electron chi connectivity index (χ4n) is 4.98. The van der Waals surface area contributed by atoms with Crippen LogP contribution >= 0.6 is 39.1 Å². The summed E-state index contributed by atoms with van der Waals surface area (Å²) in [5.74, 6) is -0.825. The van der Waals surface area contributed by atoms with Gasteiger partial charge in [0.25, 0.3) is 10.0 Å². The lowest BCUT2D eigenvalue weighted by Gasteiger charge is -2.33. The molecule has 0 aromatic heterocycles. The topological polar surface area (TPSA) is 86.8 Å². The normalized spacial score (nSPS) is 14.7. The van der Waals surface area contributed by atoms with Crippen LogP contribution < -0.4 is 9.62 Å². The highest BCUT2D eigenvalue weighted by Crippen LogP contribution is 2.28. The molecule has 42 heavy (non-hydrogen) atoms. The van der Waals surface area contributed by atoms with Crippen LogP contribution in [-0.2, 0) is 26.2 Å². The fraction of sp³-hybridized carbons (Fsp3) is 0.355. The first kappa shape index (κ1) is 32.3. The molecular formula is C31H34BrCl2N3O4S. The molecule has 1 aliphatic rings. The van der Waals surface area contributed by atoms with Gasteiger partial charge in [0, 0.05) is 17.1 Å². The van der Waals surface area contributed by atoms with Gasteiger partial charge in [-0.25, -0.2) is 8.42 Å². The van der Waals surface area contributed by atoms with Gasteiger partial charge in [-0.2, -0.15) is 0 Å². The van der Waals surface area contributed by atoms with Crippen molar-refractivity contribution in [2.45, 2.75) is 69.5 Å². The second-order valence-electron chi connectivity index (χ2n) is 10.6. The number of hydrogen-bond acceptors (Lipinski definition) is 4. The number of aryl methyl sites for hydroxylation is 1. The Hall–Kier alpha value is -2.59. The Labute approximate surface area is 266 Å². The number of rotatable bonds is 10. The monoisotopic (exact) mass is 693 g/mol. The van der Waals surface area contributed by atoms with Crippen LogP contribution in [0.15, 0.2) is 76.1 Å². The molecule has 1 fully saturated rings. The smallest absolute Gasteiger partial charge is 0.264 e. The van der Waals surface area contributed by atoms with E-state index in [2.05, 4.69) is 21.2 Å². The van der Waals surface area contributed by atoms with Gasteiger partial charge in [-0.1, -0.05) is 88.2 Å². The standard InChI is InChI=1S/C31H34BrCl2N3O4S/c1-21-11-14-27(15-12-21)42(40,41)37(26-10-6-7-24(32)18-26)20-30(38)36(19-23-13-16-28(33)29(34)17-23)22(2)31(39)35-25-8-4-3-5-9-25/h6-7,10-18,22,25H,3-5,8-9,19-20H2,1-2H3,(H,35,39)/t22-/m1/s1. The van der Waals surface area contributed by atoms with Crippen LogP contribution in [0.5, 0.6) is 0 Å². The summed E-state index contributed by atoms with van der Waals surface area (Å²) in [6.45, 7) is 3.04. The van der Waals surface area contributed by atoms with E-state index in [4.69, 9.17) is 23.2 Å². The summed E-state index contributed by atoms with van der Waals surface area (Å²) >= 11 is 15.8. The summed E-state index contributed by atoms with van der Waals surface area (Å²) in [6.07, 6.45) is 5.02. The van der Waals surface area contributed by atoms with Gasteiger partial charge in [0.2, 0.25) is 11.8 Å². The second kappa shape index (κ2) is 14.3. The summed E-state index contributed by atoms with van der Waals surface area (Å²) in [5, 5.41) is 3.78. The highest BCUT2D eigenvalue weighted by Gasteiger charge is 2.33. The van der Waals surface area contributed by atoms with Crippen molar-refractivity contribution >= 4 is 66.7 Å². The van der Waals surface area contributed by atoms with E-state index in [1.54, 1.807) is 61.5 Å². The van der Waals surface area contributed by atoms with E-state index < -0.39 is 28.5 Å². The molecule has 0 heterocycles.